The average molecular weight is 265 g/mol. The van der Waals surface area contributed by atoms with Gasteiger partial charge in [0.15, 0.2) is 0 Å². The third-order valence-corrected chi connectivity index (χ3v) is 3.96. The summed E-state index contributed by atoms with van der Waals surface area (Å²) in [6.45, 7) is 3.01. The molecule has 0 aromatic heterocycles. The molecule has 2 amide bonds. The smallest absolute Gasteiger partial charge is 0.244 e. The fraction of sp³-hybridized carbons (Fsp3) is 0.769. The molecule has 2 fully saturated rings. The Balaban J connectivity index is 2.16. The second kappa shape index (κ2) is 5.17. The second-order valence-electron chi connectivity index (χ2n) is 5.41. The van der Waals surface area contributed by atoms with Crippen LogP contribution in [0.25, 0.3) is 0 Å². The first-order chi connectivity index (χ1) is 9.04. The summed E-state index contributed by atoms with van der Waals surface area (Å²) in [5.74, 6) is -0.0680. The van der Waals surface area contributed by atoms with E-state index in [0.29, 0.717) is 31.9 Å². The Kier molecular flexibility index (Phi) is 3.76. The van der Waals surface area contributed by atoms with Crippen LogP contribution in [0.15, 0.2) is 0 Å². The number of amides is 2. The van der Waals surface area contributed by atoms with E-state index >= 15 is 0 Å². The molecule has 1 saturated heterocycles. The van der Waals surface area contributed by atoms with Crippen LogP contribution in [0.1, 0.15) is 19.8 Å². The van der Waals surface area contributed by atoms with Gasteiger partial charge in [-0.3, -0.25) is 9.59 Å². The van der Waals surface area contributed by atoms with Crippen LogP contribution in [0.4, 0.5) is 0 Å². The Morgan fingerprint density at radius 3 is 2.68 bits per heavy atom. The number of nitriles is 1. The van der Waals surface area contributed by atoms with E-state index in [-0.39, 0.29) is 18.4 Å². The normalized spacial score (nSPS) is 34.1. The summed E-state index contributed by atoms with van der Waals surface area (Å²) >= 11 is 0. The van der Waals surface area contributed by atoms with Gasteiger partial charge in [0, 0.05) is 13.6 Å². The van der Waals surface area contributed by atoms with Crippen LogP contribution in [0, 0.1) is 22.7 Å². The molecule has 1 unspecified atom stereocenters. The number of hydrogen-bond donors (Lipinski definition) is 1. The molecule has 1 atom stereocenters. The topological polar surface area (TPSA) is 82.4 Å². The number of ether oxygens (including phenoxy) is 1. The summed E-state index contributed by atoms with van der Waals surface area (Å²) in [5.41, 5.74) is -0.928. The number of hydrogen-bond acceptors (Lipinski definition) is 4. The highest BCUT2D eigenvalue weighted by Crippen LogP contribution is 2.46. The number of carbonyl (C=O) groups is 2. The van der Waals surface area contributed by atoms with Gasteiger partial charge in [-0.05, 0) is 18.8 Å². The molecule has 1 aliphatic carbocycles. The zero-order chi connectivity index (χ0) is 14.0. The molecule has 1 aliphatic heterocycles. The van der Waals surface area contributed by atoms with Crippen LogP contribution < -0.4 is 5.32 Å². The largest absolute Gasteiger partial charge is 0.377 e. The van der Waals surface area contributed by atoms with Gasteiger partial charge in [-0.15, -0.1) is 0 Å². The average Bonchev–Trinajstić information content (AvgIpc) is 2.42. The van der Waals surface area contributed by atoms with Crippen LogP contribution in [-0.4, -0.2) is 49.6 Å². The van der Waals surface area contributed by atoms with Crippen LogP contribution in [0.3, 0.4) is 0 Å². The minimum Gasteiger partial charge on any atom is -0.377 e. The SMILES string of the molecule is CNC(=O)C1COCCN1C(=O)C1(C#N)CC(C)C1. The van der Waals surface area contributed by atoms with Crippen LogP contribution in [0.5, 0.6) is 0 Å². The third kappa shape index (κ3) is 2.30. The molecule has 2 rings (SSSR count). The number of morpholine rings is 1. The maximum atomic E-state index is 12.6. The lowest BCUT2D eigenvalue weighted by Crippen LogP contribution is -2.60. The van der Waals surface area contributed by atoms with E-state index in [1.807, 2.05) is 6.92 Å². The maximum Gasteiger partial charge on any atom is 0.244 e. The van der Waals surface area contributed by atoms with Gasteiger partial charge in [-0.1, -0.05) is 6.92 Å². The molecular weight excluding hydrogens is 246 g/mol. The van der Waals surface area contributed by atoms with Crippen LogP contribution in [0.2, 0.25) is 0 Å². The molecule has 1 heterocycles. The second-order valence-corrected chi connectivity index (χ2v) is 5.41. The summed E-state index contributed by atoms with van der Waals surface area (Å²) in [6, 6.07) is 1.54. The van der Waals surface area contributed by atoms with Crippen molar-refractivity contribution in [1.82, 2.24) is 10.2 Å². The predicted octanol–water partition coefficient (Wildman–Crippen LogP) is -0.100. The zero-order valence-corrected chi connectivity index (χ0v) is 11.3. The molecule has 104 valence electrons. The lowest BCUT2D eigenvalue weighted by Gasteiger charge is -2.45. The molecular formula is C13H19N3O3. The molecule has 1 saturated carbocycles. The first-order valence-electron chi connectivity index (χ1n) is 6.56. The fourth-order valence-electron chi connectivity index (χ4n) is 2.95. The highest BCUT2D eigenvalue weighted by molar-refractivity contribution is 5.92. The van der Waals surface area contributed by atoms with Crippen molar-refractivity contribution in [1.29, 1.82) is 5.26 Å². The van der Waals surface area contributed by atoms with Crippen LogP contribution >= 0.6 is 0 Å². The number of rotatable bonds is 2. The first-order valence-corrected chi connectivity index (χ1v) is 6.56. The lowest BCUT2D eigenvalue weighted by atomic mass is 9.62. The summed E-state index contributed by atoms with van der Waals surface area (Å²) in [7, 11) is 1.53. The fourth-order valence-corrected chi connectivity index (χ4v) is 2.95. The van der Waals surface area contributed by atoms with E-state index in [2.05, 4.69) is 11.4 Å². The number of nitrogens with zero attached hydrogens (tertiary/aromatic N) is 2. The highest BCUT2D eigenvalue weighted by atomic mass is 16.5. The number of likely N-dealkylation sites (N-methyl/N-ethyl adjacent to an activating group) is 1. The monoisotopic (exact) mass is 265 g/mol. The molecule has 0 spiro atoms. The summed E-state index contributed by atoms with van der Waals surface area (Å²) in [5, 5.41) is 11.8. The van der Waals surface area contributed by atoms with Crippen molar-refractivity contribution in [3.8, 4) is 6.07 Å². The summed E-state index contributed by atoms with van der Waals surface area (Å²) < 4.78 is 5.27. The van der Waals surface area contributed by atoms with E-state index in [1.54, 1.807) is 0 Å². The summed E-state index contributed by atoms with van der Waals surface area (Å²) in [6.07, 6.45) is 1.17. The molecule has 0 aromatic carbocycles. The molecule has 2 aliphatic rings. The highest BCUT2D eigenvalue weighted by Gasteiger charge is 2.52. The van der Waals surface area contributed by atoms with Crippen molar-refractivity contribution < 1.29 is 14.3 Å². The standard InChI is InChI=1S/C13H19N3O3/c1-9-5-13(6-9,8-14)12(18)16-3-4-19-7-10(16)11(17)15-2/h9-10H,3-7H2,1-2H3,(H,15,17). The van der Waals surface area contributed by atoms with Gasteiger partial charge in [0.2, 0.25) is 11.8 Å². The van der Waals surface area contributed by atoms with E-state index in [9.17, 15) is 14.9 Å². The first kappa shape index (κ1) is 13.8. The van der Waals surface area contributed by atoms with Gasteiger partial charge in [0.1, 0.15) is 11.5 Å². The molecule has 6 heteroatoms. The Hall–Kier alpha value is -1.61. The Morgan fingerprint density at radius 2 is 2.16 bits per heavy atom. The van der Waals surface area contributed by atoms with Crippen molar-refractivity contribution >= 4 is 11.8 Å². The Bertz CT molecular complexity index is 423. The molecule has 0 radical (unpaired) electrons. The van der Waals surface area contributed by atoms with E-state index in [1.165, 1.54) is 11.9 Å². The maximum absolute atomic E-state index is 12.6. The molecule has 6 nitrogen and oxygen atoms in total. The third-order valence-electron chi connectivity index (χ3n) is 3.96. The van der Waals surface area contributed by atoms with Gasteiger partial charge in [0.05, 0.1) is 19.3 Å². The van der Waals surface area contributed by atoms with Crippen molar-refractivity contribution in [2.24, 2.45) is 11.3 Å². The van der Waals surface area contributed by atoms with Gasteiger partial charge < -0.3 is 15.0 Å². The zero-order valence-electron chi connectivity index (χ0n) is 11.3. The van der Waals surface area contributed by atoms with Crippen molar-refractivity contribution in [2.45, 2.75) is 25.8 Å². The molecule has 0 aromatic rings. The minimum atomic E-state index is -0.928. The van der Waals surface area contributed by atoms with E-state index in [0.717, 1.165) is 0 Å². The Labute approximate surface area is 112 Å². The van der Waals surface area contributed by atoms with E-state index < -0.39 is 11.5 Å². The van der Waals surface area contributed by atoms with Gasteiger partial charge in [-0.25, -0.2) is 0 Å². The van der Waals surface area contributed by atoms with Crippen LogP contribution in [-0.2, 0) is 14.3 Å². The van der Waals surface area contributed by atoms with Crippen molar-refractivity contribution in [3.05, 3.63) is 0 Å². The van der Waals surface area contributed by atoms with Crippen molar-refractivity contribution in [3.63, 3.8) is 0 Å². The lowest BCUT2D eigenvalue weighted by molar-refractivity contribution is -0.158. The van der Waals surface area contributed by atoms with E-state index in [4.69, 9.17) is 4.74 Å². The minimum absolute atomic E-state index is 0.197. The number of carbonyl (C=O) groups excluding carboxylic acids is 2. The molecule has 1 N–H and O–H groups in total. The predicted molar refractivity (Wildman–Crippen MR) is 66.8 cm³/mol. The molecule has 19 heavy (non-hydrogen) atoms. The van der Waals surface area contributed by atoms with Gasteiger partial charge in [0.25, 0.3) is 0 Å². The van der Waals surface area contributed by atoms with Gasteiger partial charge >= 0.3 is 0 Å². The summed E-state index contributed by atoms with van der Waals surface area (Å²) in [4.78, 5) is 25.9. The number of nitrogens with one attached hydrogen (secondary N) is 1. The van der Waals surface area contributed by atoms with Crippen molar-refractivity contribution in [2.75, 3.05) is 26.8 Å². The molecule has 0 bridgehead atoms. The quantitative estimate of drug-likeness (QED) is 0.756. The Morgan fingerprint density at radius 1 is 1.47 bits per heavy atom. The van der Waals surface area contributed by atoms with Gasteiger partial charge in [-0.2, -0.15) is 5.26 Å².